The van der Waals surface area contributed by atoms with Gasteiger partial charge < -0.3 is 10.6 Å². The van der Waals surface area contributed by atoms with Gasteiger partial charge in [0.25, 0.3) is 0 Å². The van der Waals surface area contributed by atoms with Gasteiger partial charge in [-0.05, 0) is 12.5 Å². The van der Waals surface area contributed by atoms with Gasteiger partial charge in [-0.3, -0.25) is 5.41 Å². The maximum absolute atomic E-state index is 12.6. The molecule has 6 heteroatoms. The lowest BCUT2D eigenvalue weighted by Crippen LogP contribution is -2.45. The minimum Gasteiger partial charge on any atom is -0.387 e. The third-order valence-corrected chi connectivity index (χ3v) is 2.93. The van der Waals surface area contributed by atoms with E-state index in [1.54, 1.807) is 4.90 Å². The smallest absolute Gasteiger partial charge is 0.387 e. The number of amidine groups is 1. The highest BCUT2D eigenvalue weighted by Gasteiger charge is 2.42. The predicted octanol–water partition coefficient (Wildman–Crippen LogP) is 2.47. The van der Waals surface area contributed by atoms with Gasteiger partial charge in [-0.1, -0.05) is 27.2 Å². The molecule has 0 radical (unpaired) electrons. The summed E-state index contributed by atoms with van der Waals surface area (Å²) in [4.78, 5) is 1.70. The van der Waals surface area contributed by atoms with Crippen LogP contribution in [0.4, 0.5) is 13.2 Å². The summed E-state index contributed by atoms with van der Waals surface area (Å²) < 4.78 is 37.9. The molecule has 0 aromatic carbocycles. The molecule has 0 fully saturated rings. The molecule has 0 spiro atoms. The average Bonchev–Trinajstić information content (AvgIpc) is 2.21. The van der Waals surface area contributed by atoms with Gasteiger partial charge >= 0.3 is 6.18 Å². The van der Waals surface area contributed by atoms with Crippen LogP contribution in [0.1, 0.15) is 27.2 Å². The Hall–Kier alpha value is -0.780. The molecule has 0 amide bonds. The number of nitrogens with one attached hydrogen (secondary N) is 1. The van der Waals surface area contributed by atoms with E-state index in [-0.39, 0.29) is 6.54 Å². The molecule has 3 nitrogen and oxygen atoms in total. The SMILES string of the molecule is CCC(C)CN(CC)CC(C(=N)N)C(F)(F)F. The minimum atomic E-state index is -4.44. The Bertz CT molecular complexity index is 241. The topological polar surface area (TPSA) is 53.1 Å². The van der Waals surface area contributed by atoms with Gasteiger partial charge in [-0.15, -0.1) is 0 Å². The van der Waals surface area contributed by atoms with E-state index in [9.17, 15) is 13.2 Å². The molecule has 0 rings (SSSR count). The van der Waals surface area contributed by atoms with Crippen LogP contribution in [0.2, 0.25) is 0 Å². The summed E-state index contributed by atoms with van der Waals surface area (Å²) in [6.45, 7) is 6.73. The first-order valence-electron chi connectivity index (χ1n) is 5.85. The monoisotopic (exact) mass is 253 g/mol. The van der Waals surface area contributed by atoms with Crippen LogP contribution < -0.4 is 5.73 Å². The van der Waals surface area contributed by atoms with Crippen LogP contribution in [0, 0.1) is 17.2 Å². The van der Waals surface area contributed by atoms with Gasteiger partial charge in [0.2, 0.25) is 0 Å². The average molecular weight is 253 g/mol. The zero-order valence-corrected chi connectivity index (χ0v) is 10.6. The normalized spacial score (nSPS) is 15.9. The number of alkyl halides is 3. The molecule has 2 unspecified atom stereocenters. The first-order valence-corrected chi connectivity index (χ1v) is 5.85. The number of halogens is 3. The molecule has 0 aliphatic carbocycles. The highest BCUT2D eigenvalue weighted by Crippen LogP contribution is 2.27. The van der Waals surface area contributed by atoms with Crippen LogP contribution >= 0.6 is 0 Å². The van der Waals surface area contributed by atoms with Gasteiger partial charge in [0.1, 0.15) is 11.8 Å². The molecule has 0 aromatic heterocycles. The van der Waals surface area contributed by atoms with Crippen molar-refractivity contribution in [2.24, 2.45) is 17.6 Å². The zero-order chi connectivity index (χ0) is 13.6. The summed E-state index contributed by atoms with van der Waals surface area (Å²) in [5.74, 6) is -2.32. The molecule has 2 atom stereocenters. The van der Waals surface area contributed by atoms with Gasteiger partial charge in [-0.2, -0.15) is 13.2 Å². The highest BCUT2D eigenvalue weighted by atomic mass is 19.4. The first-order chi connectivity index (χ1) is 7.72. The number of hydrogen-bond acceptors (Lipinski definition) is 2. The highest BCUT2D eigenvalue weighted by molar-refractivity contribution is 5.80. The fourth-order valence-electron chi connectivity index (χ4n) is 1.54. The van der Waals surface area contributed by atoms with Crippen molar-refractivity contribution < 1.29 is 13.2 Å². The summed E-state index contributed by atoms with van der Waals surface area (Å²) >= 11 is 0. The van der Waals surface area contributed by atoms with Crippen molar-refractivity contribution in [3.63, 3.8) is 0 Å². The van der Waals surface area contributed by atoms with E-state index < -0.39 is 17.9 Å². The Kier molecular flexibility index (Phi) is 6.52. The third-order valence-electron chi connectivity index (χ3n) is 2.93. The van der Waals surface area contributed by atoms with Gasteiger partial charge in [-0.25, -0.2) is 0 Å². The standard InChI is InChI=1S/C11H22F3N3/c1-4-8(3)6-17(5-2)7-9(10(15)16)11(12,13)14/h8-9H,4-7H2,1-3H3,(H3,15,16). The Labute approximate surface area is 101 Å². The number of nitrogens with zero attached hydrogens (tertiary/aromatic N) is 1. The lowest BCUT2D eigenvalue weighted by atomic mass is 10.0. The van der Waals surface area contributed by atoms with Gasteiger partial charge in [0.15, 0.2) is 0 Å². The van der Waals surface area contributed by atoms with Crippen LogP contribution in [0.15, 0.2) is 0 Å². The fraction of sp³-hybridized carbons (Fsp3) is 0.909. The second-order valence-corrected chi connectivity index (χ2v) is 4.42. The molecule has 0 bridgehead atoms. The molecule has 0 aliphatic heterocycles. The summed E-state index contributed by atoms with van der Waals surface area (Å²) in [6.07, 6.45) is -3.51. The van der Waals surface area contributed by atoms with Crippen molar-refractivity contribution in [1.82, 2.24) is 4.90 Å². The molecule has 3 N–H and O–H groups in total. The largest absolute Gasteiger partial charge is 0.399 e. The van der Waals surface area contributed by atoms with E-state index in [0.717, 1.165) is 6.42 Å². The van der Waals surface area contributed by atoms with Crippen molar-refractivity contribution in [1.29, 1.82) is 5.41 Å². The second kappa shape index (κ2) is 6.83. The van der Waals surface area contributed by atoms with E-state index in [2.05, 4.69) is 0 Å². The van der Waals surface area contributed by atoms with E-state index in [0.29, 0.717) is 19.0 Å². The van der Waals surface area contributed by atoms with Crippen molar-refractivity contribution in [3.8, 4) is 0 Å². The van der Waals surface area contributed by atoms with Crippen molar-refractivity contribution in [2.75, 3.05) is 19.6 Å². The van der Waals surface area contributed by atoms with Crippen molar-refractivity contribution >= 4 is 5.84 Å². The Morgan fingerprint density at radius 3 is 2.12 bits per heavy atom. The number of rotatable bonds is 7. The van der Waals surface area contributed by atoms with Crippen molar-refractivity contribution in [3.05, 3.63) is 0 Å². The lowest BCUT2D eigenvalue weighted by molar-refractivity contribution is -0.160. The zero-order valence-electron chi connectivity index (χ0n) is 10.6. The van der Waals surface area contributed by atoms with E-state index >= 15 is 0 Å². The number of nitrogens with two attached hydrogens (primary N) is 1. The lowest BCUT2D eigenvalue weighted by Gasteiger charge is -2.29. The molecule has 0 heterocycles. The minimum absolute atomic E-state index is 0.223. The Morgan fingerprint density at radius 1 is 1.29 bits per heavy atom. The molecule has 17 heavy (non-hydrogen) atoms. The maximum Gasteiger partial charge on any atom is 0.399 e. The molecular formula is C11H22F3N3. The first kappa shape index (κ1) is 16.2. The van der Waals surface area contributed by atoms with Gasteiger partial charge in [0, 0.05) is 13.1 Å². The second-order valence-electron chi connectivity index (χ2n) is 4.42. The van der Waals surface area contributed by atoms with Crippen LogP contribution in [0.25, 0.3) is 0 Å². The van der Waals surface area contributed by atoms with Crippen LogP contribution in [0.5, 0.6) is 0 Å². The number of hydrogen-bond donors (Lipinski definition) is 2. The summed E-state index contributed by atoms with van der Waals surface area (Å²) in [5, 5.41) is 7.03. The third kappa shape index (κ3) is 5.91. The van der Waals surface area contributed by atoms with Crippen LogP contribution in [0.3, 0.4) is 0 Å². The Morgan fingerprint density at radius 2 is 1.82 bits per heavy atom. The molecular weight excluding hydrogens is 231 g/mol. The van der Waals surface area contributed by atoms with E-state index in [1.165, 1.54) is 0 Å². The van der Waals surface area contributed by atoms with E-state index in [4.69, 9.17) is 11.1 Å². The van der Waals surface area contributed by atoms with Crippen LogP contribution in [-0.2, 0) is 0 Å². The molecule has 0 aromatic rings. The molecule has 0 saturated heterocycles. The Balaban J connectivity index is 4.56. The summed E-state index contributed by atoms with van der Waals surface area (Å²) in [6, 6.07) is 0. The predicted molar refractivity (Wildman–Crippen MR) is 63.0 cm³/mol. The van der Waals surface area contributed by atoms with Crippen molar-refractivity contribution in [2.45, 2.75) is 33.4 Å². The van der Waals surface area contributed by atoms with E-state index in [1.807, 2.05) is 20.8 Å². The molecule has 0 aliphatic rings. The molecule has 102 valence electrons. The maximum atomic E-state index is 12.6. The fourth-order valence-corrected chi connectivity index (χ4v) is 1.54. The van der Waals surface area contributed by atoms with Gasteiger partial charge in [0.05, 0.1) is 0 Å². The summed E-state index contributed by atoms with van der Waals surface area (Å²) in [5.41, 5.74) is 5.03. The van der Waals surface area contributed by atoms with Crippen LogP contribution in [-0.4, -0.2) is 36.5 Å². The summed E-state index contributed by atoms with van der Waals surface area (Å²) in [7, 11) is 0. The quantitative estimate of drug-likeness (QED) is 0.541. The molecule has 0 saturated carbocycles.